The third kappa shape index (κ3) is 1.67. The van der Waals surface area contributed by atoms with Gasteiger partial charge in [0, 0.05) is 6.42 Å². The zero-order valence-corrected chi connectivity index (χ0v) is 9.54. The van der Waals surface area contributed by atoms with Gasteiger partial charge in [0.05, 0.1) is 12.5 Å². The van der Waals surface area contributed by atoms with E-state index in [2.05, 4.69) is 0 Å². The number of hydrogen-bond donors (Lipinski definition) is 0. The van der Waals surface area contributed by atoms with Crippen molar-refractivity contribution in [2.24, 2.45) is 5.92 Å². The molecule has 0 amide bonds. The Bertz CT molecular complexity index is 324. The second kappa shape index (κ2) is 4.21. The van der Waals surface area contributed by atoms with Crippen LogP contribution >= 0.6 is 0 Å². The summed E-state index contributed by atoms with van der Waals surface area (Å²) in [6.45, 7) is 1.28. The molecule has 0 spiro atoms. The van der Waals surface area contributed by atoms with Crippen LogP contribution in [0.25, 0.3) is 0 Å². The van der Waals surface area contributed by atoms with Crippen LogP contribution in [-0.4, -0.2) is 25.1 Å². The minimum absolute atomic E-state index is 0.0527. The van der Waals surface area contributed by atoms with Gasteiger partial charge in [0.25, 0.3) is 0 Å². The normalized spacial score (nSPS) is 34.9. The summed E-state index contributed by atoms with van der Waals surface area (Å²) >= 11 is 0. The fraction of sp³-hybridized carbons (Fsp3) is 0.769. The summed E-state index contributed by atoms with van der Waals surface area (Å²) < 4.78 is 11.6. The standard InChI is InChI=1S/C13H18O3/c14-11-6-5-10(11)13-12(15-7-8-16-13)9-3-1-2-4-9/h10,13H,1-8H2. The van der Waals surface area contributed by atoms with Crippen LogP contribution in [0.4, 0.5) is 0 Å². The van der Waals surface area contributed by atoms with Crippen LogP contribution in [-0.2, 0) is 14.3 Å². The maximum absolute atomic E-state index is 11.5. The van der Waals surface area contributed by atoms with E-state index in [9.17, 15) is 4.79 Å². The molecule has 1 saturated heterocycles. The molecule has 1 heterocycles. The van der Waals surface area contributed by atoms with Crippen LogP contribution in [0.5, 0.6) is 0 Å². The number of carbonyl (C=O) groups excluding carboxylic acids is 1. The molecule has 3 rings (SSSR count). The van der Waals surface area contributed by atoms with Crippen LogP contribution in [0.1, 0.15) is 38.5 Å². The molecular formula is C13H18O3. The maximum atomic E-state index is 11.5. The highest BCUT2D eigenvalue weighted by Gasteiger charge is 2.41. The van der Waals surface area contributed by atoms with Gasteiger partial charge >= 0.3 is 0 Å². The first kappa shape index (κ1) is 10.3. The van der Waals surface area contributed by atoms with E-state index in [4.69, 9.17) is 9.47 Å². The Morgan fingerprint density at radius 3 is 2.50 bits per heavy atom. The Labute approximate surface area is 95.8 Å². The molecule has 2 atom stereocenters. The fourth-order valence-electron chi connectivity index (χ4n) is 2.88. The minimum Gasteiger partial charge on any atom is -0.493 e. The zero-order chi connectivity index (χ0) is 11.0. The molecule has 3 nitrogen and oxygen atoms in total. The molecule has 0 aromatic rings. The van der Waals surface area contributed by atoms with Gasteiger partial charge < -0.3 is 9.47 Å². The van der Waals surface area contributed by atoms with Crippen molar-refractivity contribution in [1.82, 2.24) is 0 Å². The van der Waals surface area contributed by atoms with Gasteiger partial charge in [0.1, 0.15) is 24.3 Å². The number of hydrogen-bond acceptors (Lipinski definition) is 3. The van der Waals surface area contributed by atoms with Gasteiger partial charge in [-0.2, -0.15) is 0 Å². The molecule has 1 aliphatic heterocycles. The lowest BCUT2D eigenvalue weighted by Crippen LogP contribution is -2.43. The summed E-state index contributed by atoms with van der Waals surface area (Å²) in [6, 6.07) is 0. The number of allylic oxidation sites excluding steroid dienone is 1. The van der Waals surface area contributed by atoms with E-state index in [0.29, 0.717) is 19.0 Å². The molecular weight excluding hydrogens is 204 g/mol. The largest absolute Gasteiger partial charge is 0.493 e. The lowest BCUT2D eigenvalue weighted by Gasteiger charge is -2.37. The molecule has 3 heteroatoms. The number of ketones is 1. The van der Waals surface area contributed by atoms with Gasteiger partial charge in [-0.3, -0.25) is 4.79 Å². The highest BCUT2D eigenvalue weighted by molar-refractivity contribution is 5.87. The quantitative estimate of drug-likeness (QED) is 0.682. The summed E-state index contributed by atoms with van der Waals surface area (Å²) in [5, 5.41) is 0. The van der Waals surface area contributed by atoms with Crippen molar-refractivity contribution < 1.29 is 14.3 Å². The van der Waals surface area contributed by atoms with Gasteiger partial charge in [0.15, 0.2) is 0 Å². The third-order valence-corrected chi connectivity index (χ3v) is 3.93. The van der Waals surface area contributed by atoms with Crippen molar-refractivity contribution in [3.8, 4) is 0 Å². The van der Waals surface area contributed by atoms with Crippen molar-refractivity contribution in [2.75, 3.05) is 13.2 Å². The Morgan fingerprint density at radius 2 is 1.88 bits per heavy atom. The highest BCUT2D eigenvalue weighted by atomic mass is 16.6. The summed E-state index contributed by atoms with van der Waals surface area (Å²) in [6.07, 6.45) is 6.44. The average molecular weight is 222 g/mol. The van der Waals surface area contributed by atoms with Gasteiger partial charge in [-0.25, -0.2) is 0 Å². The SMILES string of the molecule is O=C1CCC1C1OCCOC1=C1CCCC1. The minimum atomic E-state index is -0.0527. The van der Waals surface area contributed by atoms with Crippen molar-refractivity contribution in [2.45, 2.75) is 44.6 Å². The van der Waals surface area contributed by atoms with E-state index in [1.807, 2.05) is 0 Å². The van der Waals surface area contributed by atoms with Crippen LogP contribution in [0.2, 0.25) is 0 Å². The molecule has 3 aliphatic rings. The second-order valence-corrected chi connectivity index (χ2v) is 4.93. The van der Waals surface area contributed by atoms with Crippen molar-refractivity contribution in [1.29, 1.82) is 0 Å². The number of ether oxygens (including phenoxy) is 2. The second-order valence-electron chi connectivity index (χ2n) is 4.93. The Morgan fingerprint density at radius 1 is 1.06 bits per heavy atom. The van der Waals surface area contributed by atoms with Gasteiger partial charge in [0.2, 0.25) is 0 Å². The average Bonchev–Trinajstić information content (AvgIpc) is 2.81. The lowest BCUT2D eigenvalue weighted by molar-refractivity contribution is -0.142. The molecule has 0 bridgehead atoms. The predicted molar refractivity (Wildman–Crippen MR) is 58.9 cm³/mol. The summed E-state index contributed by atoms with van der Waals surface area (Å²) in [5.74, 6) is 1.46. The van der Waals surface area contributed by atoms with E-state index in [-0.39, 0.29) is 12.0 Å². The molecule has 2 unspecified atom stereocenters. The highest BCUT2D eigenvalue weighted by Crippen LogP contribution is 2.38. The van der Waals surface area contributed by atoms with Crippen molar-refractivity contribution >= 4 is 5.78 Å². The molecule has 2 aliphatic carbocycles. The first-order chi connectivity index (χ1) is 7.86. The summed E-state index contributed by atoms with van der Waals surface area (Å²) in [5.41, 5.74) is 1.41. The van der Waals surface area contributed by atoms with Crippen molar-refractivity contribution in [3.05, 3.63) is 11.3 Å². The monoisotopic (exact) mass is 222 g/mol. The Balaban J connectivity index is 1.83. The molecule has 0 radical (unpaired) electrons. The number of Topliss-reactive ketones (excluding diaryl/α,β-unsaturated/α-hetero) is 1. The Hall–Kier alpha value is -0.830. The van der Waals surface area contributed by atoms with E-state index in [1.54, 1.807) is 0 Å². The predicted octanol–water partition coefficient (Wildman–Crippen LogP) is 2.21. The van der Waals surface area contributed by atoms with Crippen LogP contribution in [0.15, 0.2) is 11.3 Å². The third-order valence-electron chi connectivity index (χ3n) is 3.93. The molecule has 0 aromatic carbocycles. The fourth-order valence-corrected chi connectivity index (χ4v) is 2.88. The van der Waals surface area contributed by atoms with E-state index < -0.39 is 0 Å². The molecule has 0 N–H and O–H groups in total. The van der Waals surface area contributed by atoms with E-state index in [0.717, 1.165) is 31.4 Å². The van der Waals surface area contributed by atoms with Gasteiger partial charge in [-0.15, -0.1) is 0 Å². The Kier molecular flexibility index (Phi) is 2.72. The summed E-state index contributed by atoms with van der Waals surface area (Å²) in [4.78, 5) is 11.5. The van der Waals surface area contributed by atoms with Gasteiger partial charge in [-0.1, -0.05) is 0 Å². The zero-order valence-electron chi connectivity index (χ0n) is 9.54. The first-order valence-electron chi connectivity index (χ1n) is 6.35. The van der Waals surface area contributed by atoms with Crippen LogP contribution in [0, 0.1) is 5.92 Å². The smallest absolute Gasteiger partial charge is 0.139 e. The maximum Gasteiger partial charge on any atom is 0.139 e. The van der Waals surface area contributed by atoms with Crippen LogP contribution in [0.3, 0.4) is 0 Å². The molecule has 0 aromatic heterocycles. The number of rotatable bonds is 1. The molecule has 88 valence electrons. The van der Waals surface area contributed by atoms with E-state index >= 15 is 0 Å². The summed E-state index contributed by atoms with van der Waals surface area (Å²) in [7, 11) is 0. The molecule has 3 fully saturated rings. The van der Waals surface area contributed by atoms with E-state index in [1.165, 1.54) is 18.4 Å². The topological polar surface area (TPSA) is 35.5 Å². The molecule has 16 heavy (non-hydrogen) atoms. The lowest BCUT2D eigenvalue weighted by atomic mass is 9.78. The number of carbonyl (C=O) groups is 1. The van der Waals surface area contributed by atoms with Crippen LogP contribution < -0.4 is 0 Å². The van der Waals surface area contributed by atoms with Crippen molar-refractivity contribution in [3.63, 3.8) is 0 Å². The molecule has 2 saturated carbocycles. The van der Waals surface area contributed by atoms with Gasteiger partial charge in [-0.05, 0) is 37.7 Å². The first-order valence-corrected chi connectivity index (χ1v) is 6.35.